The van der Waals surface area contributed by atoms with Crippen LogP contribution in [0.1, 0.15) is 43.5 Å². The summed E-state index contributed by atoms with van der Waals surface area (Å²) in [5.74, 6) is 1.61. The highest BCUT2D eigenvalue weighted by atomic mass is 16.3. The summed E-state index contributed by atoms with van der Waals surface area (Å²) in [5, 5.41) is 15.2. The number of hydrogen-bond acceptors (Lipinski definition) is 5. The van der Waals surface area contributed by atoms with Gasteiger partial charge in [0.2, 0.25) is 0 Å². The van der Waals surface area contributed by atoms with E-state index in [1.807, 2.05) is 12.1 Å². The zero-order chi connectivity index (χ0) is 23.5. The molecule has 1 saturated carbocycles. The fourth-order valence-corrected chi connectivity index (χ4v) is 5.13. The zero-order valence-corrected chi connectivity index (χ0v) is 20.5. The molecule has 1 N–H and O–H groups in total. The van der Waals surface area contributed by atoms with Crippen molar-refractivity contribution >= 4 is 5.82 Å². The van der Waals surface area contributed by atoms with Crippen molar-refractivity contribution in [1.29, 1.82) is 0 Å². The van der Waals surface area contributed by atoms with E-state index in [-0.39, 0.29) is 0 Å². The molecule has 2 heterocycles. The summed E-state index contributed by atoms with van der Waals surface area (Å²) in [4.78, 5) is 7.67. The molecule has 1 saturated heterocycles. The molecule has 180 valence electrons. The number of anilines is 1. The van der Waals surface area contributed by atoms with E-state index in [0.29, 0.717) is 11.8 Å². The molecule has 34 heavy (non-hydrogen) atoms. The fourth-order valence-electron chi connectivity index (χ4n) is 5.13. The lowest BCUT2D eigenvalue weighted by molar-refractivity contribution is 0.243. The minimum Gasteiger partial charge on any atom is -0.508 e. The minimum atomic E-state index is 0.342. The van der Waals surface area contributed by atoms with Crippen molar-refractivity contribution in [2.45, 2.75) is 52.2 Å². The second kappa shape index (κ2) is 10.2. The van der Waals surface area contributed by atoms with Crippen LogP contribution < -0.4 is 4.90 Å². The lowest BCUT2D eigenvalue weighted by atomic mass is 10.1. The molecule has 0 atom stereocenters. The number of benzene rings is 2. The van der Waals surface area contributed by atoms with Crippen LogP contribution in [0.3, 0.4) is 0 Å². The molecule has 6 heteroatoms. The monoisotopic (exact) mass is 459 g/mol. The molecule has 0 radical (unpaired) electrons. The van der Waals surface area contributed by atoms with Gasteiger partial charge in [0.1, 0.15) is 11.6 Å². The number of aromatic hydroxyl groups is 1. The third-order valence-corrected chi connectivity index (χ3v) is 7.21. The second-order valence-corrected chi connectivity index (χ2v) is 9.58. The van der Waals surface area contributed by atoms with Crippen LogP contribution in [0, 0.1) is 0 Å². The molecular formula is C28H37N5O. The van der Waals surface area contributed by atoms with Gasteiger partial charge in [0.05, 0.1) is 11.4 Å². The number of likely N-dealkylation sites (N-methyl/N-ethyl adjacent to an activating group) is 1. The zero-order valence-electron chi connectivity index (χ0n) is 20.5. The Labute approximate surface area is 203 Å². The molecular weight excluding hydrogens is 422 g/mol. The van der Waals surface area contributed by atoms with Gasteiger partial charge >= 0.3 is 0 Å². The molecule has 2 aromatic carbocycles. The first-order chi connectivity index (χ1) is 16.7. The lowest BCUT2D eigenvalue weighted by Crippen LogP contribution is -2.47. The number of hydrogen-bond donors (Lipinski definition) is 1. The van der Waals surface area contributed by atoms with E-state index in [2.05, 4.69) is 69.6 Å². The lowest BCUT2D eigenvalue weighted by Gasteiger charge is -2.36. The van der Waals surface area contributed by atoms with Gasteiger partial charge in [-0.15, -0.1) is 0 Å². The molecule has 6 nitrogen and oxygen atoms in total. The van der Waals surface area contributed by atoms with Crippen molar-refractivity contribution < 1.29 is 5.11 Å². The second-order valence-electron chi connectivity index (χ2n) is 9.58. The number of para-hydroxylation sites is 1. The summed E-state index contributed by atoms with van der Waals surface area (Å²) in [6.45, 7) is 11.5. The SMILES string of the molecule is CCc1nn(-c2ccccc2)c(N2CCN(CC)CC2)c1CN(Cc1cccc(O)c1)C1CC1. The van der Waals surface area contributed by atoms with Crippen molar-refractivity contribution in [3.05, 3.63) is 71.4 Å². The van der Waals surface area contributed by atoms with E-state index >= 15 is 0 Å². The van der Waals surface area contributed by atoms with E-state index in [9.17, 15) is 5.11 Å². The van der Waals surface area contributed by atoms with Crippen molar-refractivity contribution in [3.8, 4) is 11.4 Å². The van der Waals surface area contributed by atoms with Crippen molar-refractivity contribution in [2.24, 2.45) is 0 Å². The molecule has 2 aliphatic rings. The topological polar surface area (TPSA) is 47.8 Å². The number of piperazine rings is 1. The number of phenols is 1. The number of rotatable bonds is 9. The first-order valence-corrected chi connectivity index (χ1v) is 12.8. The number of aryl methyl sites for hydroxylation is 1. The van der Waals surface area contributed by atoms with Crippen molar-refractivity contribution in [2.75, 3.05) is 37.6 Å². The third-order valence-electron chi connectivity index (χ3n) is 7.21. The summed E-state index contributed by atoms with van der Waals surface area (Å²) in [7, 11) is 0. The Balaban J connectivity index is 1.51. The average molecular weight is 460 g/mol. The largest absolute Gasteiger partial charge is 0.508 e. The fraction of sp³-hybridized carbons (Fsp3) is 0.464. The highest BCUT2D eigenvalue weighted by Gasteiger charge is 2.33. The molecule has 2 fully saturated rings. The average Bonchev–Trinajstić information content (AvgIpc) is 3.66. The highest BCUT2D eigenvalue weighted by Crippen LogP contribution is 2.35. The number of phenolic OH excluding ortho intramolecular Hbond substituents is 1. The van der Waals surface area contributed by atoms with E-state index in [0.717, 1.165) is 57.9 Å². The molecule has 1 aromatic heterocycles. The van der Waals surface area contributed by atoms with Gasteiger partial charge in [0, 0.05) is 50.9 Å². The predicted octanol–water partition coefficient (Wildman–Crippen LogP) is 4.45. The molecule has 0 amide bonds. The normalized spacial score (nSPS) is 17.0. The maximum absolute atomic E-state index is 10.00. The standard InChI is InChI=1S/C28H37N5O/c1-3-27-26(21-32(23-13-14-23)20-22-9-8-12-25(34)19-22)28(31-17-15-30(4-2)16-18-31)33(29-27)24-10-6-5-7-11-24/h5-12,19,23,34H,3-4,13-18,20-21H2,1-2H3. The summed E-state index contributed by atoms with van der Waals surface area (Å²) in [6.07, 6.45) is 3.41. The Kier molecular flexibility index (Phi) is 6.88. The first-order valence-electron chi connectivity index (χ1n) is 12.8. The van der Waals surface area contributed by atoms with Crippen LogP contribution in [-0.2, 0) is 19.5 Å². The van der Waals surface area contributed by atoms with Gasteiger partial charge in [-0.3, -0.25) is 4.90 Å². The molecule has 0 spiro atoms. The Morgan fingerprint density at radius 2 is 1.71 bits per heavy atom. The van der Waals surface area contributed by atoms with E-state index in [4.69, 9.17) is 5.10 Å². The van der Waals surface area contributed by atoms with Gasteiger partial charge in [-0.05, 0) is 55.6 Å². The van der Waals surface area contributed by atoms with Gasteiger partial charge in [0.25, 0.3) is 0 Å². The third kappa shape index (κ3) is 4.98. The Morgan fingerprint density at radius 1 is 0.941 bits per heavy atom. The van der Waals surface area contributed by atoms with E-state index in [1.54, 1.807) is 6.07 Å². The van der Waals surface area contributed by atoms with Crippen LogP contribution in [0.15, 0.2) is 54.6 Å². The van der Waals surface area contributed by atoms with E-state index in [1.165, 1.54) is 35.5 Å². The highest BCUT2D eigenvalue weighted by molar-refractivity contribution is 5.56. The van der Waals surface area contributed by atoms with Crippen LogP contribution >= 0.6 is 0 Å². The Hall–Kier alpha value is -2.83. The molecule has 3 aromatic rings. The smallest absolute Gasteiger partial charge is 0.137 e. The molecule has 0 bridgehead atoms. The van der Waals surface area contributed by atoms with Crippen LogP contribution in [0.5, 0.6) is 5.75 Å². The summed E-state index contributed by atoms with van der Waals surface area (Å²) in [5.41, 5.74) is 4.85. The Morgan fingerprint density at radius 3 is 2.35 bits per heavy atom. The maximum Gasteiger partial charge on any atom is 0.137 e. The molecule has 1 aliphatic carbocycles. The molecule has 1 aliphatic heterocycles. The first kappa shape index (κ1) is 22.9. The van der Waals surface area contributed by atoms with Gasteiger partial charge < -0.3 is 14.9 Å². The summed E-state index contributed by atoms with van der Waals surface area (Å²) >= 11 is 0. The van der Waals surface area contributed by atoms with Gasteiger partial charge in [-0.25, -0.2) is 4.68 Å². The van der Waals surface area contributed by atoms with Crippen LogP contribution in [0.25, 0.3) is 5.69 Å². The summed E-state index contributed by atoms with van der Waals surface area (Å²) in [6, 6.07) is 18.9. The number of aromatic nitrogens is 2. The van der Waals surface area contributed by atoms with Crippen LogP contribution in [-0.4, -0.2) is 63.5 Å². The summed E-state index contributed by atoms with van der Waals surface area (Å²) < 4.78 is 2.19. The van der Waals surface area contributed by atoms with Gasteiger partial charge in [0.15, 0.2) is 0 Å². The van der Waals surface area contributed by atoms with E-state index < -0.39 is 0 Å². The Bertz CT molecular complexity index is 1080. The molecule has 0 unspecified atom stereocenters. The van der Waals surface area contributed by atoms with Crippen molar-refractivity contribution in [3.63, 3.8) is 0 Å². The molecule has 5 rings (SSSR count). The quantitative estimate of drug-likeness (QED) is 0.512. The number of nitrogens with zero attached hydrogens (tertiary/aromatic N) is 5. The van der Waals surface area contributed by atoms with Crippen LogP contribution in [0.4, 0.5) is 5.82 Å². The van der Waals surface area contributed by atoms with Gasteiger partial charge in [-0.1, -0.05) is 44.2 Å². The maximum atomic E-state index is 10.00. The van der Waals surface area contributed by atoms with Crippen LogP contribution in [0.2, 0.25) is 0 Å². The van der Waals surface area contributed by atoms with Crippen molar-refractivity contribution in [1.82, 2.24) is 19.6 Å². The minimum absolute atomic E-state index is 0.342. The van der Waals surface area contributed by atoms with Gasteiger partial charge in [-0.2, -0.15) is 5.10 Å². The predicted molar refractivity (Wildman–Crippen MR) is 138 cm³/mol.